The molecule has 4 aromatic carbocycles. The number of nitrogens with one attached hydrogen (secondary N) is 2. The molecule has 0 saturated carbocycles. The number of carboxylic acid groups (broad SMARTS) is 2. The summed E-state index contributed by atoms with van der Waals surface area (Å²) in [4.78, 5) is 53.2. The quantitative estimate of drug-likeness (QED) is 0.0921. The van der Waals surface area contributed by atoms with Gasteiger partial charge in [-0.3, -0.25) is 9.80 Å². The first-order valence-corrected chi connectivity index (χ1v) is 17.4. The van der Waals surface area contributed by atoms with Crippen molar-refractivity contribution in [3.8, 4) is 11.5 Å². The summed E-state index contributed by atoms with van der Waals surface area (Å²) in [5.41, 5.74) is -0.823. The summed E-state index contributed by atoms with van der Waals surface area (Å²) in [5, 5.41) is 25.5. The monoisotopic (exact) mass is 804 g/mol. The van der Waals surface area contributed by atoms with Crippen LogP contribution in [0, 0.1) is 0 Å². The number of carbonyl (C=O) groups excluding carboxylic acids is 2. The van der Waals surface area contributed by atoms with Crippen LogP contribution in [0.1, 0.15) is 38.8 Å². The van der Waals surface area contributed by atoms with Crippen LogP contribution >= 0.6 is 46.4 Å². The molecule has 0 atom stereocenters. The van der Waals surface area contributed by atoms with Crippen LogP contribution in [0.15, 0.2) is 84.9 Å². The molecule has 4 N–H and O–H groups in total. The SMILES string of the molecule is CC(C)(Oc1ccc(N(Cc2ccc(Cl)c(Cl)c2)C(=O)NCNC(=O)N(Cc2ccc(Cl)c(Cl)c2)c2ccc(OC(C)(C)C(=O)O)cc2)cc1)C(=O)O. The van der Waals surface area contributed by atoms with E-state index in [0.29, 0.717) is 42.6 Å². The summed E-state index contributed by atoms with van der Waals surface area (Å²) in [5.74, 6) is -1.75. The minimum Gasteiger partial charge on any atom is -0.478 e. The number of benzene rings is 4. The molecule has 53 heavy (non-hydrogen) atoms. The molecular formula is C37H36Cl4N4O8. The average molecular weight is 807 g/mol. The molecule has 0 fully saturated rings. The van der Waals surface area contributed by atoms with E-state index in [0.717, 1.165) is 0 Å². The fourth-order valence-electron chi connectivity index (χ4n) is 4.65. The molecule has 4 amide bonds. The molecule has 0 bridgehead atoms. The van der Waals surface area contributed by atoms with Crippen LogP contribution in [0.3, 0.4) is 0 Å². The number of nitrogens with zero attached hydrogens (tertiary/aromatic N) is 2. The second-order valence-electron chi connectivity index (χ2n) is 12.6. The fraction of sp³-hybridized carbons (Fsp3) is 0.243. The van der Waals surface area contributed by atoms with E-state index in [1.165, 1.54) is 61.8 Å². The smallest absolute Gasteiger partial charge is 0.347 e. The number of hydrogen-bond acceptors (Lipinski definition) is 6. The van der Waals surface area contributed by atoms with Crippen molar-refractivity contribution < 1.29 is 38.9 Å². The van der Waals surface area contributed by atoms with E-state index in [4.69, 9.17) is 55.9 Å². The van der Waals surface area contributed by atoms with Crippen molar-refractivity contribution in [3.05, 3.63) is 116 Å². The first-order valence-electron chi connectivity index (χ1n) is 15.9. The van der Waals surface area contributed by atoms with Gasteiger partial charge in [0.1, 0.15) is 11.5 Å². The van der Waals surface area contributed by atoms with Gasteiger partial charge in [-0.25, -0.2) is 19.2 Å². The lowest BCUT2D eigenvalue weighted by atomic mass is 10.1. The molecule has 16 heteroatoms. The molecule has 0 aromatic heterocycles. The fourth-order valence-corrected chi connectivity index (χ4v) is 5.29. The number of carboxylic acids is 2. The number of halogens is 4. The highest BCUT2D eigenvalue weighted by molar-refractivity contribution is 6.42. The highest BCUT2D eigenvalue weighted by Crippen LogP contribution is 2.29. The number of hydrogen-bond donors (Lipinski definition) is 4. The Bertz CT molecular complexity index is 1830. The molecule has 0 saturated heterocycles. The van der Waals surface area contributed by atoms with Gasteiger partial charge in [-0.15, -0.1) is 0 Å². The van der Waals surface area contributed by atoms with Crippen molar-refractivity contribution >= 4 is 81.8 Å². The Balaban J connectivity index is 1.54. The number of rotatable bonds is 14. The summed E-state index contributed by atoms with van der Waals surface area (Å²) >= 11 is 24.7. The molecule has 0 radical (unpaired) electrons. The molecule has 0 unspecified atom stereocenters. The van der Waals surface area contributed by atoms with Crippen LogP contribution in [0.5, 0.6) is 11.5 Å². The molecule has 0 spiro atoms. The van der Waals surface area contributed by atoms with Crippen molar-refractivity contribution in [3.63, 3.8) is 0 Å². The third kappa shape index (κ3) is 11.1. The number of amides is 4. The molecular weight excluding hydrogens is 770 g/mol. The minimum absolute atomic E-state index is 0.0496. The van der Waals surface area contributed by atoms with E-state index in [-0.39, 0.29) is 31.3 Å². The first-order chi connectivity index (χ1) is 24.9. The molecule has 4 aromatic rings. The van der Waals surface area contributed by atoms with Gasteiger partial charge in [-0.1, -0.05) is 58.5 Å². The van der Waals surface area contributed by atoms with Gasteiger partial charge >= 0.3 is 24.0 Å². The van der Waals surface area contributed by atoms with Crippen molar-refractivity contribution in [1.82, 2.24) is 10.6 Å². The lowest BCUT2D eigenvalue weighted by molar-refractivity contribution is -0.152. The van der Waals surface area contributed by atoms with Gasteiger partial charge in [0.05, 0.1) is 39.8 Å². The number of urea groups is 2. The third-order valence-corrected chi connectivity index (χ3v) is 9.17. The number of carbonyl (C=O) groups is 4. The lowest BCUT2D eigenvalue weighted by Gasteiger charge is -2.27. The standard InChI is InChI=1S/C37H36Cl4N4O8/c1-36(2,32(46)47)52-26-11-7-24(8-12-26)44(19-22-5-15-28(38)30(40)17-22)34(50)42-21-43-35(51)45(20-23-6-16-29(39)31(41)18-23)25-9-13-27(14-10-25)53-37(3,4)33(48)49/h5-18H,19-21H2,1-4H3,(H,42,50)(H,43,51)(H,46,47)(H,48,49). The zero-order valence-electron chi connectivity index (χ0n) is 29.0. The zero-order valence-corrected chi connectivity index (χ0v) is 32.0. The maximum Gasteiger partial charge on any atom is 0.347 e. The van der Waals surface area contributed by atoms with Crippen molar-refractivity contribution in [2.45, 2.75) is 52.0 Å². The summed E-state index contributed by atoms with van der Waals surface area (Å²) in [6.45, 7) is 5.47. The van der Waals surface area contributed by atoms with Gasteiger partial charge in [0.15, 0.2) is 11.2 Å². The highest BCUT2D eigenvalue weighted by Gasteiger charge is 2.30. The first kappa shape index (κ1) is 40.9. The minimum atomic E-state index is -1.49. The predicted molar refractivity (Wildman–Crippen MR) is 205 cm³/mol. The Morgan fingerprint density at radius 2 is 0.906 bits per heavy atom. The van der Waals surface area contributed by atoms with Gasteiger partial charge < -0.3 is 30.3 Å². The summed E-state index contributed by atoms with van der Waals surface area (Å²) in [6, 6.07) is 21.2. The Labute approximate surface area is 326 Å². The summed E-state index contributed by atoms with van der Waals surface area (Å²) < 4.78 is 11.2. The van der Waals surface area contributed by atoms with Crippen LogP contribution in [0.2, 0.25) is 20.1 Å². The highest BCUT2D eigenvalue weighted by atomic mass is 35.5. The van der Waals surface area contributed by atoms with Crippen LogP contribution in [0.25, 0.3) is 0 Å². The van der Waals surface area contributed by atoms with E-state index in [1.807, 2.05) is 0 Å². The number of anilines is 2. The summed E-state index contributed by atoms with van der Waals surface area (Å²) in [6.07, 6.45) is 0. The zero-order chi connectivity index (χ0) is 39.1. The van der Waals surface area contributed by atoms with Crippen LogP contribution in [-0.2, 0) is 22.7 Å². The van der Waals surface area contributed by atoms with Crippen LogP contribution in [0.4, 0.5) is 21.0 Å². The Kier molecular flexibility index (Phi) is 13.3. The molecule has 4 rings (SSSR count). The normalized spacial score (nSPS) is 11.3. The largest absolute Gasteiger partial charge is 0.478 e. The van der Waals surface area contributed by atoms with Crippen molar-refractivity contribution in [1.29, 1.82) is 0 Å². The predicted octanol–water partition coefficient (Wildman–Crippen LogP) is 8.87. The molecule has 0 heterocycles. The second-order valence-corrected chi connectivity index (χ2v) is 14.3. The average Bonchev–Trinajstić information content (AvgIpc) is 3.09. The van der Waals surface area contributed by atoms with E-state index in [1.54, 1.807) is 60.7 Å². The van der Waals surface area contributed by atoms with E-state index in [2.05, 4.69) is 10.6 Å². The molecule has 280 valence electrons. The second kappa shape index (κ2) is 17.3. The lowest BCUT2D eigenvalue weighted by Crippen LogP contribution is -2.48. The van der Waals surface area contributed by atoms with Gasteiger partial charge in [-0.05, 0) is 112 Å². The number of aliphatic carboxylic acids is 2. The Morgan fingerprint density at radius 3 is 1.21 bits per heavy atom. The third-order valence-electron chi connectivity index (χ3n) is 7.69. The Hall–Kier alpha value is -4.88. The maximum absolute atomic E-state index is 13.7. The van der Waals surface area contributed by atoms with E-state index in [9.17, 15) is 29.4 Å². The van der Waals surface area contributed by atoms with Crippen LogP contribution < -0.4 is 29.9 Å². The molecule has 0 aliphatic carbocycles. The molecule has 0 aliphatic rings. The summed E-state index contributed by atoms with van der Waals surface area (Å²) in [7, 11) is 0. The van der Waals surface area contributed by atoms with Gasteiger partial charge in [0, 0.05) is 11.4 Å². The maximum atomic E-state index is 13.7. The van der Waals surface area contributed by atoms with E-state index < -0.39 is 35.2 Å². The van der Waals surface area contributed by atoms with Crippen LogP contribution in [-0.4, -0.2) is 52.1 Å². The molecule has 12 nitrogen and oxygen atoms in total. The van der Waals surface area contributed by atoms with Gasteiger partial charge in [0.25, 0.3) is 0 Å². The topological polar surface area (TPSA) is 158 Å². The Morgan fingerprint density at radius 1 is 0.566 bits per heavy atom. The van der Waals surface area contributed by atoms with Gasteiger partial charge in [-0.2, -0.15) is 0 Å². The van der Waals surface area contributed by atoms with Crippen molar-refractivity contribution in [2.24, 2.45) is 0 Å². The van der Waals surface area contributed by atoms with E-state index >= 15 is 0 Å². The molecule has 0 aliphatic heterocycles. The van der Waals surface area contributed by atoms with Gasteiger partial charge in [0.2, 0.25) is 0 Å². The van der Waals surface area contributed by atoms with Crippen molar-refractivity contribution in [2.75, 3.05) is 16.5 Å². The number of ether oxygens (including phenoxy) is 2.